The number of hydrogen-bond donors (Lipinski definition) is 1. The summed E-state index contributed by atoms with van der Waals surface area (Å²) in [5, 5.41) is 0. The molecule has 0 aliphatic heterocycles. The Morgan fingerprint density at radius 2 is 1.86 bits per heavy atom. The smallest absolute Gasteiger partial charge is 0.0223 e. The summed E-state index contributed by atoms with van der Waals surface area (Å²) in [6.07, 6.45) is 3.41. The molecular weight excluding hydrogens is 110 g/mol. The molecule has 0 aromatic carbocycles. The average Bonchev–Trinajstić information content (AvgIpc) is 1.69. The van der Waals surface area contributed by atoms with Crippen LogP contribution < -0.4 is 5.73 Å². The van der Waals surface area contributed by atoms with Gasteiger partial charge in [-0.3, -0.25) is 0 Å². The van der Waals surface area contributed by atoms with E-state index in [2.05, 4.69) is 0 Å². The van der Waals surface area contributed by atoms with Crippen LogP contribution >= 0.6 is 11.6 Å². The highest BCUT2D eigenvalue weighted by atomic mass is 35.5. The van der Waals surface area contributed by atoms with Crippen LogP contribution in [-0.4, -0.2) is 12.4 Å². The van der Waals surface area contributed by atoms with Gasteiger partial charge in [0.25, 0.3) is 0 Å². The van der Waals surface area contributed by atoms with E-state index in [1.807, 2.05) is 0 Å². The minimum atomic E-state index is 0.778. The first kappa shape index (κ1) is 7.25. The number of nitrogens with two attached hydrogens (primary N) is 1. The molecule has 0 radical (unpaired) electrons. The molecule has 0 unspecified atom stereocenters. The topological polar surface area (TPSA) is 26.0 Å². The molecule has 0 aliphatic rings. The van der Waals surface area contributed by atoms with Gasteiger partial charge in [0, 0.05) is 5.88 Å². The van der Waals surface area contributed by atoms with Crippen molar-refractivity contribution in [1.29, 1.82) is 0 Å². The Morgan fingerprint density at radius 3 is 2.29 bits per heavy atom. The van der Waals surface area contributed by atoms with Gasteiger partial charge in [0.1, 0.15) is 0 Å². The molecule has 0 rings (SSSR count). The number of hydrogen-bond acceptors (Lipinski definition) is 1. The molecule has 0 saturated heterocycles. The first-order valence-corrected chi connectivity index (χ1v) is 3.21. The third-order valence-corrected chi connectivity index (χ3v) is 1.11. The number of alkyl halides is 1. The molecule has 0 aromatic rings. The van der Waals surface area contributed by atoms with Crippen LogP contribution in [0, 0.1) is 0 Å². The Morgan fingerprint density at radius 1 is 1.14 bits per heavy atom. The van der Waals surface area contributed by atoms with Crippen LogP contribution in [0.4, 0.5) is 0 Å². The third kappa shape index (κ3) is 6.25. The zero-order valence-electron chi connectivity index (χ0n) is 4.49. The van der Waals surface area contributed by atoms with E-state index in [1.54, 1.807) is 0 Å². The predicted molar refractivity (Wildman–Crippen MR) is 33.6 cm³/mol. The molecule has 0 amide bonds. The fraction of sp³-hybridized carbons (Fsp3) is 1.00. The maximum Gasteiger partial charge on any atom is 0.0223 e. The van der Waals surface area contributed by atoms with Crippen LogP contribution in [-0.2, 0) is 0 Å². The van der Waals surface area contributed by atoms with Crippen molar-refractivity contribution in [1.82, 2.24) is 0 Å². The van der Waals surface area contributed by atoms with E-state index in [1.165, 1.54) is 6.42 Å². The Labute approximate surface area is 49.8 Å². The molecule has 0 spiro atoms. The average molecular weight is 122 g/mol. The minimum absolute atomic E-state index is 0.778. The highest BCUT2D eigenvalue weighted by Gasteiger charge is 1.81. The third-order valence-electron chi connectivity index (χ3n) is 0.838. The van der Waals surface area contributed by atoms with E-state index in [0.717, 1.165) is 25.3 Å². The van der Waals surface area contributed by atoms with Crippen LogP contribution in [0.25, 0.3) is 0 Å². The summed E-state index contributed by atoms with van der Waals surface area (Å²) in [5.74, 6) is 0.778. The molecule has 0 aromatic heterocycles. The van der Waals surface area contributed by atoms with Gasteiger partial charge in [0.2, 0.25) is 0 Å². The standard InChI is InChI=1S/C5H12ClN/c6-4-2-1-3-5-7/h1-5,7H2. The number of halogens is 1. The van der Waals surface area contributed by atoms with E-state index in [0.29, 0.717) is 0 Å². The molecule has 2 N–H and O–H groups in total. The summed E-state index contributed by atoms with van der Waals surface area (Å²) in [6.45, 7) is 0.802. The highest BCUT2D eigenvalue weighted by molar-refractivity contribution is 6.17. The lowest BCUT2D eigenvalue weighted by Gasteiger charge is -1.89. The van der Waals surface area contributed by atoms with Crippen molar-refractivity contribution in [3.63, 3.8) is 0 Å². The molecule has 0 aliphatic carbocycles. The van der Waals surface area contributed by atoms with Crippen LogP contribution in [0.2, 0.25) is 0 Å². The van der Waals surface area contributed by atoms with Gasteiger partial charge < -0.3 is 5.73 Å². The highest BCUT2D eigenvalue weighted by Crippen LogP contribution is 1.93. The van der Waals surface area contributed by atoms with E-state index >= 15 is 0 Å². The molecule has 1 nitrogen and oxygen atoms in total. The maximum absolute atomic E-state index is 5.40. The summed E-state index contributed by atoms with van der Waals surface area (Å²) in [5.41, 5.74) is 5.23. The second-order valence-electron chi connectivity index (χ2n) is 1.54. The first-order chi connectivity index (χ1) is 3.41. The molecule has 2 heteroatoms. The van der Waals surface area contributed by atoms with Gasteiger partial charge in [0.05, 0.1) is 0 Å². The zero-order valence-corrected chi connectivity index (χ0v) is 5.25. The van der Waals surface area contributed by atoms with Crippen molar-refractivity contribution in [2.24, 2.45) is 5.73 Å². The van der Waals surface area contributed by atoms with Crippen LogP contribution in [0.5, 0.6) is 0 Å². The molecule has 7 heavy (non-hydrogen) atoms. The van der Waals surface area contributed by atoms with Crippen molar-refractivity contribution in [3.8, 4) is 0 Å². The van der Waals surface area contributed by atoms with Crippen molar-refractivity contribution < 1.29 is 0 Å². The lowest BCUT2D eigenvalue weighted by atomic mass is 10.3. The van der Waals surface area contributed by atoms with Gasteiger partial charge in [0.15, 0.2) is 0 Å². The summed E-state index contributed by atoms with van der Waals surface area (Å²) < 4.78 is 0. The van der Waals surface area contributed by atoms with Gasteiger partial charge in [-0.05, 0) is 19.4 Å². The summed E-state index contributed by atoms with van der Waals surface area (Å²) in [6, 6.07) is 0. The lowest BCUT2D eigenvalue weighted by molar-refractivity contribution is 0.730. The van der Waals surface area contributed by atoms with Gasteiger partial charge >= 0.3 is 0 Å². The largest absolute Gasteiger partial charge is 0.330 e. The number of rotatable bonds is 4. The van der Waals surface area contributed by atoms with E-state index in [4.69, 9.17) is 17.3 Å². The van der Waals surface area contributed by atoms with Gasteiger partial charge in [-0.15, -0.1) is 11.6 Å². The predicted octanol–water partition coefficient (Wildman–Crippen LogP) is 1.35. The second-order valence-corrected chi connectivity index (χ2v) is 1.92. The molecule has 0 fully saturated rings. The van der Waals surface area contributed by atoms with Crippen molar-refractivity contribution in [3.05, 3.63) is 0 Å². The van der Waals surface area contributed by atoms with E-state index in [9.17, 15) is 0 Å². The molecule has 0 heterocycles. The summed E-state index contributed by atoms with van der Waals surface area (Å²) >= 11 is 5.40. The van der Waals surface area contributed by atoms with Crippen molar-refractivity contribution in [2.45, 2.75) is 19.3 Å². The molecular formula is C5H12ClN. The Hall–Kier alpha value is 0.250. The molecule has 0 atom stereocenters. The van der Waals surface area contributed by atoms with Crippen molar-refractivity contribution in [2.75, 3.05) is 12.4 Å². The minimum Gasteiger partial charge on any atom is -0.330 e. The van der Waals surface area contributed by atoms with Gasteiger partial charge in [-0.25, -0.2) is 0 Å². The molecule has 0 bridgehead atoms. The fourth-order valence-corrected chi connectivity index (χ4v) is 0.605. The Bertz CT molecular complexity index is 27.3. The Balaban J connectivity index is 2.45. The summed E-state index contributed by atoms with van der Waals surface area (Å²) in [7, 11) is 0. The Kier molecular flexibility index (Phi) is 6.47. The molecule has 0 saturated carbocycles. The first-order valence-electron chi connectivity index (χ1n) is 2.68. The lowest BCUT2D eigenvalue weighted by Crippen LogP contribution is -1.97. The zero-order chi connectivity index (χ0) is 5.54. The SMILES string of the molecule is NCCCCCCl. The summed E-state index contributed by atoms with van der Waals surface area (Å²) in [4.78, 5) is 0. The normalized spacial score (nSPS) is 9.43. The molecule has 44 valence electrons. The van der Waals surface area contributed by atoms with Gasteiger partial charge in [-0.1, -0.05) is 6.42 Å². The fourth-order valence-electron chi connectivity index (χ4n) is 0.416. The van der Waals surface area contributed by atoms with Crippen molar-refractivity contribution >= 4 is 11.6 Å². The van der Waals surface area contributed by atoms with Gasteiger partial charge in [-0.2, -0.15) is 0 Å². The van der Waals surface area contributed by atoms with Crippen LogP contribution in [0.1, 0.15) is 19.3 Å². The maximum atomic E-state index is 5.40. The van der Waals surface area contributed by atoms with Crippen LogP contribution in [0.15, 0.2) is 0 Å². The quantitative estimate of drug-likeness (QED) is 0.441. The monoisotopic (exact) mass is 121 g/mol. The van der Waals surface area contributed by atoms with Crippen LogP contribution in [0.3, 0.4) is 0 Å². The number of unbranched alkanes of at least 4 members (excludes halogenated alkanes) is 2. The second kappa shape index (κ2) is 6.25. The van der Waals surface area contributed by atoms with E-state index in [-0.39, 0.29) is 0 Å². The van der Waals surface area contributed by atoms with E-state index < -0.39 is 0 Å².